The Labute approximate surface area is 114 Å². The van der Waals surface area contributed by atoms with Crippen LogP contribution < -0.4 is 10.5 Å². The lowest BCUT2D eigenvalue weighted by Gasteiger charge is -2.23. The first kappa shape index (κ1) is 14.3. The summed E-state index contributed by atoms with van der Waals surface area (Å²) in [6, 6.07) is 7.68. The molecule has 0 aromatic heterocycles. The van der Waals surface area contributed by atoms with Crippen molar-refractivity contribution in [1.82, 2.24) is 0 Å². The minimum absolute atomic E-state index is 0.102. The molecular weight excluding hydrogens is 242 g/mol. The molecule has 0 spiro atoms. The lowest BCUT2D eigenvalue weighted by molar-refractivity contribution is -0.0428. The van der Waals surface area contributed by atoms with Crippen LogP contribution in [0, 0.1) is 0 Å². The molecule has 0 amide bonds. The van der Waals surface area contributed by atoms with Gasteiger partial charge in [0.05, 0.1) is 32.5 Å². The van der Waals surface area contributed by atoms with Crippen molar-refractivity contribution >= 4 is 0 Å². The fraction of sp³-hybridized carbons (Fsp3) is 0.600. The number of hydrogen-bond acceptors (Lipinski definition) is 4. The monoisotopic (exact) mass is 265 g/mol. The maximum atomic E-state index is 6.10. The Bertz CT molecular complexity index is 360. The molecule has 2 N–H and O–H groups in total. The smallest absolute Gasteiger partial charge is 0.118 e. The van der Waals surface area contributed by atoms with E-state index >= 15 is 0 Å². The second-order valence-electron chi connectivity index (χ2n) is 4.91. The molecular formula is C15H23NO3. The van der Waals surface area contributed by atoms with Crippen LogP contribution in [0.15, 0.2) is 24.3 Å². The summed E-state index contributed by atoms with van der Waals surface area (Å²) in [6.45, 7) is 2.02. The summed E-state index contributed by atoms with van der Waals surface area (Å²) in [4.78, 5) is 0. The average molecular weight is 265 g/mol. The summed E-state index contributed by atoms with van der Waals surface area (Å²) in [5.41, 5.74) is 7.16. The van der Waals surface area contributed by atoms with Crippen molar-refractivity contribution in [3.8, 4) is 5.75 Å². The second kappa shape index (κ2) is 7.48. The topological polar surface area (TPSA) is 53.7 Å². The zero-order valence-corrected chi connectivity index (χ0v) is 11.5. The largest absolute Gasteiger partial charge is 0.497 e. The first-order valence-electron chi connectivity index (χ1n) is 6.88. The van der Waals surface area contributed by atoms with Gasteiger partial charge in [-0.3, -0.25) is 0 Å². The van der Waals surface area contributed by atoms with Gasteiger partial charge in [0, 0.05) is 6.61 Å². The number of methoxy groups -OCH3 is 1. The van der Waals surface area contributed by atoms with Gasteiger partial charge < -0.3 is 19.9 Å². The van der Waals surface area contributed by atoms with Crippen molar-refractivity contribution in [1.29, 1.82) is 0 Å². The number of hydrogen-bond donors (Lipinski definition) is 1. The van der Waals surface area contributed by atoms with Crippen LogP contribution in [0.3, 0.4) is 0 Å². The van der Waals surface area contributed by atoms with Crippen LogP contribution in [-0.4, -0.2) is 33.0 Å². The molecule has 1 saturated heterocycles. The summed E-state index contributed by atoms with van der Waals surface area (Å²) < 4.78 is 16.4. The third-order valence-corrected chi connectivity index (χ3v) is 3.42. The highest BCUT2D eigenvalue weighted by Gasteiger charge is 2.14. The lowest BCUT2D eigenvalue weighted by Crippen LogP contribution is -2.26. The molecule has 1 aromatic carbocycles. The molecule has 1 fully saturated rings. The Morgan fingerprint density at radius 1 is 1.32 bits per heavy atom. The van der Waals surface area contributed by atoms with E-state index in [-0.39, 0.29) is 12.1 Å². The molecule has 1 heterocycles. The molecule has 0 aliphatic carbocycles. The third kappa shape index (κ3) is 4.49. The van der Waals surface area contributed by atoms with E-state index < -0.39 is 0 Å². The summed E-state index contributed by atoms with van der Waals surface area (Å²) in [5, 5.41) is 0. The standard InChI is InChI=1S/C15H23NO3/c1-17-13-7-5-12(6-8-13)15(16)11-18-10-14-4-2-3-9-19-14/h5-8,14-15H,2-4,9-11,16H2,1H3. The van der Waals surface area contributed by atoms with E-state index in [1.54, 1.807) is 7.11 Å². The van der Waals surface area contributed by atoms with Crippen molar-refractivity contribution in [3.63, 3.8) is 0 Å². The molecule has 2 unspecified atom stereocenters. The van der Waals surface area contributed by atoms with Gasteiger partial charge in [0.1, 0.15) is 5.75 Å². The third-order valence-electron chi connectivity index (χ3n) is 3.42. The van der Waals surface area contributed by atoms with E-state index in [0.717, 1.165) is 24.3 Å². The molecule has 0 radical (unpaired) electrons. The number of ether oxygens (including phenoxy) is 3. The van der Waals surface area contributed by atoms with Gasteiger partial charge in [-0.15, -0.1) is 0 Å². The molecule has 1 aromatic rings. The van der Waals surface area contributed by atoms with Crippen molar-refractivity contribution < 1.29 is 14.2 Å². The van der Waals surface area contributed by atoms with Gasteiger partial charge in [-0.2, -0.15) is 0 Å². The van der Waals surface area contributed by atoms with Gasteiger partial charge in [-0.1, -0.05) is 12.1 Å². The summed E-state index contributed by atoms with van der Waals surface area (Å²) in [6.07, 6.45) is 3.75. The van der Waals surface area contributed by atoms with E-state index in [1.165, 1.54) is 12.8 Å². The molecule has 4 nitrogen and oxygen atoms in total. The Kier molecular flexibility index (Phi) is 5.63. The van der Waals surface area contributed by atoms with Crippen LogP contribution in [0.2, 0.25) is 0 Å². The van der Waals surface area contributed by atoms with E-state index in [0.29, 0.717) is 13.2 Å². The van der Waals surface area contributed by atoms with Crippen molar-refractivity contribution in [2.45, 2.75) is 31.4 Å². The van der Waals surface area contributed by atoms with Crippen molar-refractivity contribution in [2.24, 2.45) is 5.73 Å². The SMILES string of the molecule is COc1ccc(C(N)COCC2CCCCO2)cc1. The van der Waals surface area contributed by atoms with Gasteiger partial charge in [-0.05, 0) is 37.0 Å². The molecule has 0 bridgehead atoms. The molecule has 19 heavy (non-hydrogen) atoms. The molecule has 0 saturated carbocycles. The molecule has 4 heteroatoms. The van der Waals surface area contributed by atoms with Crippen molar-refractivity contribution in [2.75, 3.05) is 26.9 Å². The van der Waals surface area contributed by atoms with Crippen LogP contribution in [0.5, 0.6) is 5.75 Å². The number of nitrogens with two attached hydrogens (primary N) is 1. The van der Waals surface area contributed by atoms with Crippen LogP contribution in [0.1, 0.15) is 30.9 Å². The Hall–Kier alpha value is -1.10. The van der Waals surface area contributed by atoms with Gasteiger partial charge in [0.2, 0.25) is 0 Å². The van der Waals surface area contributed by atoms with Crippen molar-refractivity contribution in [3.05, 3.63) is 29.8 Å². The van der Waals surface area contributed by atoms with Crippen LogP contribution in [-0.2, 0) is 9.47 Å². The first-order valence-corrected chi connectivity index (χ1v) is 6.88. The summed E-state index contributed by atoms with van der Waals surface area (Å²) >= 11 is 0. The number of benzene rings is 1. The van der Waals surface area contributed by atoms with Crippen LogP contribution in [0.4, 0.5) is 0 Å². The quantitative estimate of drug-likeness (QED) is 0.857. The minimum Gasteiger partial charge on any atom is -0.497 e. The highest BCUT2D eigenvalue weighted by atomic mass is 16.5. The average Bonchev–Trinajstić information content (AvgIpc) is 2.48. The van der Waals surface area contributed by atoms with Crippen LogP contribution >= 0.6 is 0 Å². The normalized spacial score (nSPS) is 21.1. The maximum absolute atomic E-state index is 6.10. The zero-order valence-electron chi connectivity index (χ0n) is 11.5. The predicted molar refractivity (Wildman–Crippen MR) is 74.3 cm³/mol. The molecule has 2 rings (SSSR count). The van der Waals surface area contributed by atoms with E-state index in [4.69, 9.17) is 19.9 Å². The van der Waals surface area contributed by atoms with Crippen LogP contribution in [0.25, 0.3) is 0 Å². The predicted octanol–water partition coefficient (Wildman–Crippen LogP) is 2.28. The molecule has 1 aliphatic rings. The second-order valence-corrected chi connectivity index (χ2v) is 4.91. The van der Waals surface area contributed by atoms with E-state index in [9.17, 15) is 0 Å². The summed E-state index contributed by atoms with van der Waals surface area (Å²) in [7, 11) is 1.65. The molecule has 106 valence electrons. The lowest BCUT2D eigenvalue weighted by atomic mass is 10.1. The molecule has 2 atom stereocenters. The fourth-order valence-electron chi connectivity index (χ4n) is 2.21. The summed E-state index contributed by atoms with van der Waals surface area (Å²) in [5.74, 6) is 0.840. The zero-order chi connectivity index (χ0) is 13.5. The van der Waals surface area contributed by atoms with E-state index in [2.05, 4.69) is 0 Å². The fourth-order valence-corrected chi connectivity index (χ4v) is 2.21. The highest BCUT2D eigenvalue weighted by Crippen LogP contribution is 2.17. The number of rotatable bonds is 6. The first-order chi connectivity index (χ1) is 9.29. The minimum atomic E-state index is -0.102. The Morgan fingerprint density at radius 2 is 2.11 bits per heavy atom. The van der Waals surface area contributed by atoms with Gasteiger partial charge in [0.25, 0.3) is 0 Å². The van der Waals surface area contributed by atoms with Gasteiger partial charge in [0.15, 0.2) is 0 Å². The van der Waals surface area contributed by atoms with Gasteiger partial charge in [-0.25, -0.2) is 0 Å². The van der Waals surface area contributed by atoms with Gasteiger partial charge >= 0.3 is 0 Å². The Balaban J connectivity index is 1.72. The maximum Gasteiger partial charge on any atom is 0.118 e. The van der Waals surface area contributed by atoms with E-state index in [1.807, 2.05) is 24.3 Å². The Morgan fingerprint density at radius 3 is 2.74 bits per heavy atom. The molecule has 1 aliphatic heterocycles. The highest BCUT2D eigenvalue weighted by molar-refractivity contribution is 5.28.